The van der Waals surface area contributed by atoms with Crippen molar-refractivity contribution in [3.63, 3.8) is 0 Å². The minimum Gasteiger partial charge on any atom is -0.482 e. The van der Waals surface area contributed by atoms with Crippen molar-refractivity contribution >= 4 is 28.9 Å². The van der Waals surface area contributed by atoms with Crippen LogP contribution in [-0.2, 0) is 9.59 Å². The molecule has 1 aliphatic heterocycles. The molecule has 1 aromatic rings. The molecular formula is C15H17N3O3. The molecule has 0 spiro atoms. The third kappa shape index (κ3) is 2.02. The molecule has 2 amide bonds. The summed E-state index contributed by atoms with van der Waals surface area (Å²) in [5.74, 6) is 1.63. The fourth-order valence-electron chi connectivity index (χ4n) is 3.68. The van der Waals surface area contributed by atoms with Crippen LogP contribution in [0.5, 0.6) is 5.75 Å². The molecule has 110 valence electrons. The second-order valence-electron chi connectivity index (χ2n) is 6.05. The molecule has 2 saturated carbocycles. The second kappa shape index (κ2) is 4.38. The molecule has 4 N–H and O–H groups in total. The standard InChI is InChI=1S/C15H17N3O3/c16-9-4-12-11(17-13(19)6-21-12)5-10(9)18-15(20)14-7-2-1-3-8(7)14/h4-5,7-8,14H,1-3,6,16H2,(H,17,19)(H,18,20). The van der Waals surface area contributed by atoms with Gasteiger partial charge in [0.15, 0.2) is 6.61 Å². The van der Waals surface area contributed by atoms with Gasteiger partial charge in [0.2, 0.25) is 5.91 Å². The van der Waals surface area contributed by atoms with Crippen LogP contribution in [0.25, 0.3) is 0 Å². The van der Waals surface area contributed by atoms with Crippen LogP contribution >= 0.6 is 0 Å². The van der Waals surface area contributed by atoms with Gasteiger partial charge in [-0.05, 0) is 30.7 Å². The van der Waals surface area contributed by atoms with Crippen molar-refractivity contribution < 1.29 is 14.3 Å². The highest BCUT2D eigenvalue weighted by Gasteiger charge is 2.56. The third-order valence-corrected chi connectivity index (χ3v) is 4.75. The summed E-state index contributed by atoms with van der Waals surface area (Å²) in [5, 5.41) is 5.61. The summed E-state index contributed by atoms with van der Waals surface area (Å²) in [5.41, 5.74) is 7.49. The molecule has 6 heteroatoms. The van der Waals surface area contributed by atoms with Crippen molar-refractivity contribution in [2.24, 2.45) is 17.8 Å². The minimum absolute atomic E-state index is 0.0103. The summed E-state index contributed by atoms with van der Waals surface area (Å²) in [7, 11) is 0. The van der Waals surface area contributed by atoms with Gasteiger partial charge in [0.1, 0.15) is 5.75 Å². The minimum atomic E-state index is -0.207. The van der Waals surface area contributed by atoms with Crippen molar-refractivity contribution in [1.29, 1.82) is 0 Å². The maximum absolute atomic E-state index is 12.3. The first-order chi connectivity index (χ1) is 10.1. The van der Waals surface area contributed by atoms with E-state index in [1.54, 1.807) is 12.1 Å². The van der Waals surface area contributed by atoms with E-state index >= 15 is 0 Å². The first-order valence-electron chi connectivity index (χ1n) is 7.30. The van der Waals surface area contributed by atoms with Crippen LogP contribution in [0, 0.1) is 17.8 Å². The Kier molecular flexibility index (Phi) is 2.60. The van der Waals surface area contributed by atoms with Gasteiger partial charge in [0.25, 0.3) is 5.91 Å². The number of nitrogen functional groups attached to an aromatic ring is 1. The molecule has 6 nitrogen and oxygen atoms in total. The number of nitrogens with two attached hydrogens (primary N) is 1. The zero-order chi connectivity index (χ0) is 14.6. The topological polar surface area (TPSA) is 93.5 Å². The fourth-order valence-corrected chi connectivity index (χ4v) is 3.68. The van der Waals surface area contributed by atoms with E-state index in [0.717, 1.165) is 12.8 Å². The van der Waals surface area contributed by atoms with E-state index in [-0.39, 0.29) is 24.3 Å². The van der Waals surface area contributed by atoms with Gasteiger partial charge < -0.3 is 21.1 Å². The van der Waals surface area contributed by atoms with E-state index in [1.807, 2.05) is 0 Å². The van der Waals surface area contributed by atoms with Crippen LogP contribution in [0.4, 0.5) is 17.1 Å². The van der Waals surface area contributed by atoms with Crippen molar-refractivity contribution in [3.8, 4) is 5.75 Å². The predicted molar refractivity (Wildman–Crippen MR) is 77.9 cm³/mol. The van der Waals surface area contributed by atoms with E-state index in [0.29, 0.717) is 34.6 Å². The number of hydrogen-bond acceptors (Lipinski definition) is 4. The normalized spacial score (nSPS) is 29.0. The second-order valence-corrected chi connectivity index (χ2v) is 6.05. The maximum Gasteiger partial charge on any atom is 0.262 e. The summed E-state index contributed by atoms with van der Waals surface area (Å²) >= 11 is 0. The lowest BCUT2D eigenvalue weighted by molar-refractivity contribution is -0.119. The molecule has 3 aliphatic rings. The molecular weight excluding hydrogens is 270 g/mol. The number of carbonyl (C=O) groups excluding carboxylic acids is 2. The number of fused-ring (bicyclic) bond motifs is 2. The van der Waals surface area contributed by atoms with Crippen LogP contribution in [0.15, 0.2) is 12.1 Å². The van der Waals surface area contributed by atoms with E-state index in [9.17, 15) is 9.59 Å². The first kappa shape index (κ1) is 12.5. The summed E-state index contributed by atoms with van der Waals surface area (Å²) in [6.45, 7) is -0.0103. The zero-order valence-electron chi connectivity index (χ0n) is 11.5. The Hall–Kier alpha value is -2.24. The Bertz CT molecular complexity index is 633. The average molecular weight is 287 g/mol. The molecule has 0 bridgehead atoms. The van der Waals surface area contributed by atoms with Crippen molar-refractivity contribution in [1.82, 2.24) is 0 Å². The number of nitrogens with one attached hydrogen (secondary N) is 2. The Morgan fingerprint density at radius 2 is 2.10 bits per heavy atom. The number of carbonyl (C=O) groups is 2. The van der Waals surface area contributed by atoms with Gasteiger partial charge >= 0.3 is 0 Å². The molecule has 2 fully saturated rings. The fraction of sp³-hybridized carbons (Fsp3) is 0.467. The Morgan fingerprint density at radius 3 is 2.86 bits per heavy atom. The van der Waals surface area contributed by atoms with Crippen LogP contribution in [0.2, 0.25) is 0 Å². The molecule has 4 rings (SSSR count). The van der Waals surface area contributed by atoms with Crippen LogP contribution < -0.4 is 21.1 Å². The largest absolute Gasteiger partial charge is 0.482 e. The Labute approximate surface area is 122 Å². The first-order valence-corrected chi connectivity index (χ1v) is 7.30. The Morgan fingerprint density at radius 1 is 1.33 bits per heavy atom. The summed E-state index contributed by atoms with van der Waals surface area (Å²) in [6.07, 6.45) is 3.56. The van der Waals surface area contributed by atoms with Crippen LogP contribution in [0.1, 0.15) is 19.3 Å². The van der Waals surface area contributed by atoms with Crippen molar-refractivity contribution in [2.45, 2.75) is 19.3 Å². The van der Waals surface area contributed by atoms with E-state index in [4.69, 9.17) is 10.5 Å². The lowest BCUT2D eigenvalue weighted by Crippen LogP contribution is -2.26. The number of benzene rings is 1. The smallest absolute Gasteiger partial charge is 0.262 e. The highest BCUT2D eigenvalue weighted by molar-refractivity contribution is 6.01. The SMILES string of the molecule is Nc1cc2c(cc1NC(=O)C1C3CCCC31)NC(=O)CO2. The van der Waals surface area contributed by atoms with Gasteiger partial charge in [0, 0.05) is 12.0 Å². The molecule has 2 atom stereocenters. The molecule has 2 aliphatic carbocycles. The number of amides is 2. The molecule has 0 radical (unpaired) electrons. The number of hydrogen-bond donors (Lipinski definition) is 3. The van der Waals surface area contributed by atoms with E-state index in [2.05, 4.69) is 10.6 Å². The number of rotatable bonds is 2. The highest BCUT2D eigenvalue weighted by atomic mass is 16.5. The average Bonchev–Trinajstić information content (AvgIpc) is 2.94. The molecule has 0 aromatic heterocycles. The quantitative estimate of drug-likeness (QED) is 0.720. The predicted octanol–water partition coefficient (Wildman–Crippen LogP) is 1.58. The molecule has 21 heavy (non-hydrogen) atoms. The van der Waals surface area contributed by atoms with Gasteiger partial charge in [-0.2, -0.15) is 0 Å². The lowest BCUT2D eigenvalue weighted by Gasteiger charge is -2.20. The van der Waals surface area contributed by atoms with Gasteiger partial charge in [-0.1, -0.05) is 6.42 Å². The highest BCUT2D eigenvalue weighted by Crippen LogP contribution is 2.57. The molecule has 0 saturated heterocycles. The molecule has 1 aromatic carbocycles. The molecule has 1 heterocycles. The Balaban J connectivity index is 1.53. The van der Waals surface area contributed by atoms with Crippen molar-refractivity contribution in [3.05, 3.63) is 12.1 Å². The summed E-state index contributed by atoms with van der Waals surface area (Å²) in [6, 6.07) is 3.30. The van der Waals surface area contributed by atoms with Crippen molar-refractivity contribution in [2.75, 3.05) is 23.0 Å². The summed E-state index contributed by atoms with van der Waals surface area (Å²) < 4.78 is 5.29. The lowest BCUT2D eigenvalue weighted by atomic mass is 10.1. The van der Waals surface area contributed by atoms with E-state index in [1.165, 1.54) is 6.42 Å². The molecule has 2 unspecified atom stereocenters. The number of anilines is 3. The maximum atomic E-state index is 12.3. The van der Waals surface area contributed by atoms with Crippen LogP contribution in [-0.4, -0.2) is 18.4 Å². The van der Waals surface area contributed by atoms with Gasteiger partial charge in [0.05, 0.1) is 17.1 Å². The van der Waals surface area contributed by atoms with Gasteiger partial charge in [-0.3, -0.25) is 9.59 Å². The van der Waals surface area contributed by atoms with Gasteiger partial charge in [-0.25, -0.2) is 0 Å². The monoisotopic (exact) mass is 287 g/mol. The number of ether oxygens (including phenoxy) is 1. The third-order valence-electron chi connectivity index (χ3n) is 4.75. The zero-order valence-corrected chi connectivity index (χ0v) is 11.5. The van der Waals surface area contributed by atoms with Gasteiger partial charge in [-0.15, -0.1) is 0 Å². The van der Waals surface area contributed by atoms with Crippen LogP contribution in [0.3, 0.4) is 0 Å². The van der Waals surface area contributed by atoms with E-state index < -0.39 is 0 Å². The summed E-state index contributed by atoms with van der Waals surface area (Å²) in [4.78, 5) is 23.6.